The van der Waals surface area contributed by atoms with Gasteiger partial charge in [0.1, 0.15) is 0 Å². The number of aryl methyl sites for hydroxylation is 1. The summed E-state index contributed by atoms with van der Waals surface area (Å²) in [4.78, 5) is 4.48. The molecule has 0 radical (unpaired) electrons. The summed E-state index contributed by atoms with van der Waals surface area (Å²) in [5.41, 5.74) is 3.40. The molecule has 0 spiro atoms. The van der Waals surface area contributed by atoms with E-state index in [9.17, 15) is 5.11 Å². The van der Waals surface area contributed by atoms with Crippen LogP contribution in [0, 0.1) is 6.92 Å². The first kappa shape index (κ1) is 9.79. The van der Waals surface area contributed by atoms with Gasteiger partial charge in [0, 0.05) is 16.5 Å². The molecule has 0 saturated heterocycles. The summed E-state index contributed by atoms with van der Waals surface area (Å²) in [6.45, 7) is 2.27. The number of aliphatic hydroxyl groups is 1. The van der Waals surface area contributed by atoms with Crippen molar-refractivity contribution in [2.45, 2.75) is 25.2 Å². The molecule has 0 unspecified atom stereocenters. The van der Waals surface area contributed by atoms with E-state index in [1.54, 1.807) is 0 Å². The van der Waals surface area contributed by atoms with Crippen molar-refractivity contribution < 1.29 is 5.11 Å². The third-order valence-corrected chi connectivity index (χ3v) is 3.60. The number of rotatable bonds is 2. The monoisotopic (exact) mass is 213 g/mol. The van der Waals surface area contributed by atoms with E-state index in [1.165, 1.54) is 10.9 Å². The van der Waals surface area contributed by atoms with Gasteiger partial charge >= 0.3 is 0 Å². The average molecular weight is 213 g/mol. The van der Waals surface area contributed by atoms with Crippen LogP contribution in [0.15, 0.2) is 30.3 Å². The van der Waals surface area contributed by atoms with Gasteiger partial charge in [-0.05, 0) is 43.5 Å². The van der Waals surface area contributed by atoms with Crippen LogP contribution in [0.5, 0.6) is 0 Å². The maximum absolute atomic E-state index is 9.41. The standard InChI is InChI=1S/C14H15NO/c1-10-2-3-11-8-12(4-5-13(11)15-10)14(9-16)6-7-14/h2-5,8,16H,6-7,9H2,1H3. The smallest absolute Gasteiger partial charge is 0.0705 e. The van der Waals surface area contributed by atoms with Crippen molar-refractivity contribution in [1.82, 2.24) is 4.98 Å². The number of aromatic nitrogens is 1. The lowest BCUT2D eigenvalue weighted by molar-refractivity contribution is 0.255. The van der Waals surface area contributed by atoms with Gasteiger partial charge in [-0.2, -0.15) is 0 Å². The quantitative estimate of drug-likeness (QED) is 0.831. The fourth-order valence-corrected chi connectivity index (χ4v) is 2.25. The molecular weight excluding hydrogens is 198 g/mol. The highest BCUT2D eigenvalue weighted by Crippen LogP contribution is 2.48. The van der Waals surface area contributed by atoms with Crippen molar-refractivity contribution in [3.63, 3.8) is 0 Å². The number of fused-ring (bicyclic) bond motifs is 1. The first-order valence-corrected chi connectivity index (χ1v) is 5.72. The van der Waals surface area contributed by atoms with Gasteiger partial charge in [-0.15, -0.1) is 0 Å². The normalized spacial score (nSPS) is 17.6. The molecular formula is C14H15NO. The molecule has 16 heavy (non-hydrogen) atoms. The molecule has 0 aliphatic heterocycles. The molecule has 2 aromatic rings. The lowest BCUT2D eigenvalue weighted by Gasteiger charge is -2.12. The molecule has 1 aliphatic rings. The van der Waals surface area contributed by atoms with E-state index in [4.69, 9.17) is 0 Å². The Morgan fingerprint density at radius 1 is 1.25 bits per heavy atom. The van der Waals surface area contributed by atoms with Gasteiger partial charge in [-0.3, -0.25) is 4.98 Å². The maximum atomic E-state index is 9.41. The van der Waals surface area contributed by atoms with Crippen LogP contribution in [-0.4, -0.2) is 16.7 Å². The van der Waals surface area contributed by atoms with E-state index < -0.39 is 0 Å². The van der Waals surface area contributed by atoms with E-state index in [-0.39, 0.29) is 12.0 Å². The van der Waals surface area contributed by atoms with Gasteiger partial charge in [-0.1, -0.05) is 12.1 Å². The minimum Gasteiger partial charge on any atom is -0.395 e. The number of nitrogens with zero attached hydrogens (tertiary/aromatic N) is 1. The second kappa shape index (κ2) is 3.29. The summed E-state index contributed by atoms with van der Waals surface area (Å²) in [5, 5.41) is 10.6. The van der Waals surface area contributed by atoms with Crippen LogP contribution in [-0.2, 0) is 5.41 Å². The number of benzene rings is 1. The SMILES string of the molecule is Cc1ccc2cc(C3(CO)CC3)ccc2n1. The highest BCUT2D eigenvalue weighted by atomic mass is 16.3. The molecule has 1 aromatic heterocycles. The number of hydrogen-bond acceptors (Lipinski definition) is 2. The second-order valence-corrected chi connectivity index (χ2v) is 4.80. The summed E-state index contributed by atoms with van der Waals surface area (Å²) >= 11 is 0. The summed E-state index contributed by atoms with van der Waals surface area (Å²) in [5.74, 6) is 0. The highest BCUT2D eigenvalue weighted by Gasteiger charge is 2.43. The van der Waals surface area contributed by atoms with E-state index in [1.807, 2.05) is 13.0 Å². The summed E-state index contributed by atoms with van der Waals surface area (Å²) in [6, 6.07) is 10.5. The molecule has 0 bridgehead atoms. The molecule has 3 rings (SSSR count). The third kappa shape index (κ3) is 1.41. The molecule has 0 atom stereocenters. The molecule has 1 heterocycles. The number of pyridine rings is 1. The van der Waals surface area contributed by atoms with Gasteiger partial charge in [0.15, 0.2) is 0 Å². The van der Waals surface area contributed by atoms with Crippen molar-refractivity contribution in [3.8, 4) is 0 Å². The number of aliphatic hydroxyl groups excluding tert-OH is 1. The van der Waals surface area contributed by atoms with E-state index >= 15 is 0 Å². The predicted molar refractivity (Wildman–Crippen MR) is 64.5 cm³/mol. The summed E-state index contributed by atoms with van der Waals surface area (Å²) in [6.07, 6.45) is 2.21. The molecule has 2 heteroatoms. The fraction of sp³-hybridized carbons (Fsp3) is 0.357. The predicted octanol–water partition coefficient (Wildman–Crippen LogP) is 2.57. The third-order valence-electron chi connectivity index (χ3n) is 3.60. The van der Waals surface area contributed by atoms with Crippen molar-refractivity contribution in [1.29, 1.82) is 0 Å². The minimum atomic E-state index is 0.0546. The van der Waals surface area contributed by atoms with E-state index in [2.05, 4.69) is 29.2 Å². The zero-order chi connectivity index (χ0) is 11.2. The molecule has 0 amide bonds. The van der Waals surface area contributed by atoms with Crippen LogP contribution in [0.4, 0.5) is 0 Å². The Labute approximate surface area is 94.9 Å². The summed E-state index contributed by atoms with van der Waals surface area (Å²) < 4.78 is 0. The summed E-state index contributed by atoms with van der Waals surface area (Å²) in [7, 11) is 0. The second-order valence-electron chi connectivity index (χ2n) is 4.80. The van der Waals surface area contributed by atoms with Gasteiger partial charge in [-0.25, -0.2) is 0 Å². The largest absolute Gasteiger partial charge is 0.395 e. The van der Waals surface area contributed by atoms with Crippen LogP contribution in [0.1, 0.15) is 24.1 Å². The fourth-order valence-electron chi connectivity index (χ4n) is 2.25. The van der Waals surface area contributed by atoms with Gasteiger partial charge in [0.2, 0.25) is 0 Å². The molecule has 1 aliphatic carbocycles. The Kier molecular flexibility index (Phi) is 2.01. The zero-order valence-electron chi connectivity index (χ0n) is 9.40. The Morgan fingerprint density at radius 3 is 2.75 bits per heavy atom. The van der Waals surface area contributed by atoms with Crippen molar-refractivity contribution in [3.05, 3.63) is 41.6 Å². The van der Waals surface area contributed by atoms with Gasteiger partial charge < -0.3 is 5.11 Å². The van der Waals surface area contributed by atoms with E-state index in [0.29, 0.717) is 0 Å². The van der Waals surface area contributed by atoms with Crippen LogP contribution in [0.3, 0.4) is 0 Å². The first-order chi connectivity index (χ1) is 7.73. The van der Waals surface area contributed by atoms with Gasteiger partial charge in [0.25, 0.3) is 0 Å². The Balaban J connectivity index is 2.13. The van der Waals surface area contributed by atoms with Crippen LogP contribution in [0.25, 0.3) is 10.9 Å². The van der Waals surface area contributed by atoms with Crippen molar-refractivity contribution in [2.75, 3.05) is 6.61 Å². The average Bonchev–Trinajstić information content (AvgIpc) is 3.09. The molecule has 2 nitrogen and oxygen atoms in total. The molecule has 1 aromatic carbocycles. The van der Waals surface area contributed by atoms with Crippen LogP contribution < -0.4 is 0 Å². The van der Waals surface area contributed by atoms with Crippen molar-refractivity contribution >= 4 is 10.9 Å². The Morgan fingerprint density at radius 2 is 2.06 bits per heavy atom. The first-order valence-electron chi connectivity index (χ1n) is 5.72. The molecule has 1 N–H and O–H groups in total. The maximum Gasteiger partial charge on any atom is 0.0705 e. The van der Waals surface area contributed by atoms with E-state index in [0.717, 1.165) is 24.1 Å². The highest BCUT2D eigenvalue weighted by molar-refractivity contribution is 5.79. The lowest BCUT2D eigenvalue weighted by atomic mass is 9.95. The molecule has 1 fully saturated rings. The van der Waals surface area contributed by atoms with Gasteiger partial charge in [0.05, 0.1) is 12.1 Å². The molecule has 82 valence electrons. The Hall–Kier alpha value is -1.41. The lowest BCUT2D eigenvalue weighted by Crippen LogP contribution is -2.11. The van der Waals surface area contributed by atoms with Crippen molar-refractivity contribution in [2.24, 2.45) is 0 Å². The number of hydrogen-bond donors (Lipinski definition) is 1. The zero-order valence-corrected chi connectivity index (χ0v) is 9.40. The van der Waals surface area contributed by atoms with Crippen LogP contribution >= 0.6 is 0 Å². The minimum absolute atomic E-state index is 0.0546. The topological polar surface area (TPSA) is 33.1 Å². The Bertz CT molecular complexity index is 543. The van der Waals surface area contributed by atoms with Crippen LogP contribution in [0.2, 0.25) is 0 Å². The molecule has 1 saturated carbocycles.